The molecule has 49 heavy (non-hydrogen) atoms. The van der Waals surface area contributed by atoms with E-state index in [0.29, 0.717) is 11.4 Å². The third-order valence-electron chi connectivity index (χ3n) is 8.88. The highest BCUT2D eigenvalue weighted by molar-refractivity contribution is 6.07. The van der Waals surface area contributed by atoms with Crippen LogP contribution in [0, 0.1) is 0 Å². The van der Waals surface area contributed by atoms with E-state index in [1.807, 2.05) is 48.5 Å². The van der Waals surface area contributed by atoms with Gasteiger partial charge in [0.05, 0.1) is 11.4 Å². The molecule has 0 aliphatic heterocycles. The number of pyridine rings is 1. The van der Waals surface area contributed by atoms with Gasteiger partial charge in [-0.05, 0) is 58.7 Å². The van der Waals surface area contributed by atoms with E-state index in [9.17, 15) is 0 Å². The second-order valence-electron chi connectivity index (χ2n) is 12.1. The molecular weight excluding hydrogens is 599 g/mol. The molecule has 230 valence electrons. The van der Waals surface area contributed by atoms with Crippen LogP contribution in [0.3, 0.4) is 0 Å². The zero-order chi connectivity index (χ0) is 32.6. The Hall–Kier alpha value is -6.65. The highest BCUT2D eigenvalue weighted by Gasteiger charge is 2.18. The summed E-state index contributed by atoms with van der Waals surface area (Å²) in [7, 11) is 0. The van der Waals surface area contributed by atoms with Gasteiger partial charge in [0.15, 0.2) is 11.4 Å². The maximum Gasteiger partial charge on any atom is 0.180 e. The van der Waals surface area contributed by atoms with Crippen molar-refractivity contribution in [3.05, 3.63) is 176 Å². The number of aromatic nitrogens is 3. The number of fused-ring (bicyclic) bond motifs is 3. The van der Waals surface area contributed by atoms with Crippen molar-refractivity contribution in [1.29, 1.82) is 0 Å². The molecule has 0 saturated carbocycles. The summed E-state index contributed by atoms with van der Waals surface area (Å²) in [5.74, 6) is 0.653. The van der Waals surface area contributed by atoms with Crippen LogP contribution in [0.15, 0.2) is 180 Å². The fourth-order valence-electron chi connectivity index (χ4n) is 6.44. The molecule has 0 aliphatic rings. The fourth-order valence-corrected chi connectivity index (χ4v) is 6.44. The van der Waals surface area contributed by atoms with Gasteiger partial charge in [-0.2, -0.15) is 0 Å². The first-order valence-electron chi connectivity index (χ1n) is 16.4. The molecule has 0 radical (unpaired) electrons. The van der Waals surface area contributed by atoms with Crippen LogP contribution in [-0.4, -0.2) is 15.0 Å². The molecule has 0 saturated heterocycles. The van der Waals surface area contributed by atoms with Crippen molar-refractivity contribution in [2.24, 2.45) is 0 Å². The van der Waals surface area contributed by atoms with Crippen molar-refractivity contribution < 1.29 is 4.42 Å². The lowest BCUT2D eigenvalue weighted by Crippen LogP contribution is -1.94. The Morgan fingerprint density at radius 1 is 0.347 bits per heavy atom. The number of para-hydroxylation sites is 1. The maximum atomic E-state index is 6.32. The highest BCUT2D eigenvalue weighted by atomic mass is 16.3. The molecule has 6 aromatic carbocycles. The molecule has 0 spiro atoms. The van der Waals surface area contributed by atoms with Crippen LogP contribution in [0.5, 0.6) is 0 Å². The molecule has 0 atom stereocenters. The van der Waals surface area contributed by atoms with Crippen LogP contribution < -0.4 is 0 Å². The lowest BCUT2D eigenvalue weighted by atomic mass is 9.97. The Morgan fingerprint density at radius 2 is 0.878 bits per heavy atom. The van der Waals surface area contributed by atoms with E-state index in [0.717, 1.165) is 78.1 Å². The molecule has 0 amide bonds. The summed E-state index contributed by atoms with van der Waals surface area (Å²) in [6.07, 6.45) is 0. The summed E-state index contributed by atoms with van der Waals surface area (Å²) in [6, 6.07) is 60.4. The standard InChI is InChI=1S/C45H29N3O/c1-4-14-30(15-5-1)37-28-39(31-16-6-2-7-17-31)46-40(29-37)35-22-12-20-33(26-35)34-21-13-23-36(27-34)45-47-42(32-18-8-3-9-19-32)44-43(48-45)38-24-10-11-25-41(38)49-44/h1-29H. The molecule has 4 heteroatoms. The minimum atomic E-state index is 0.653. The van der Waals surface area contributed by atoms with Crippen molar-refractivity contribution >= 4 is 22.1 Å². The van der Waals surface area contributed by atoms with E-state index in [2.05, 4.69) is 127 Å². The second kappa shape index (κ2) is 12.2. The van der Waals surface area contributed by atoms with Gasteiger partial charge in [-0.15, -0.1) is 0 Å². The lowest BCUT2D eigenvalue weighted by Gasteiger charge is -2.12. The van der Waals surface area contributed by atoms with E-state index in [1.165, 1.54) is 0 Å². The quantitative estimate of drug-likeness (QED) is 0.184. The maximum absolute atomic E-state index is 6.32. The van der Waals surface area contributed by atoms with E-state index in [-0.39, 0.29) is 0 Å². The van der Waals surface area contributed by atoms with E-state index >= 15 is 0 Å². The minimum absolute atomic E-state index is 0.653. The second-order valence-corrected chi connectivity index (χ2v) is 12.1. The first kappa shape index (κ1) is 28.6. The van der Waals surface area contributed by atoms with Gasteiger partial charge in [0.2, 0.25) is 0 Å². The van der Waals surface area contributed by atoms with Crippen LogP contribution in [0.1, 0.15) is 0 Å². The first-order valence-corrected chi connectivity index (χ1v) is 16.4. The van der Waals surface area contributed by atoms with Gasteiger partial charge in [0.1, 0.15) is 16.8 Å². The average molecular weight is 628 g/mol. The molecule has 0 aliphatic carbocycles. The van der Waals surface area contributed by atoms with Gasteiger partial charge >= 0.3 is 0 Å². The number of nitrogens with zero attached hydrogens (tertiary/aromatic N) is 3. The Kier molecular flexibility index (Phi) is 7.10. The summed E-state index contributed by atoms with van der Waals surface area (Å²) in [4.78, 5) is 15.3. The predicted molar refractivity (Wildman–Crippen MR) is 200 cm³/mol. The number of rotatable bonds is 6. The largest absolute Gasteiger partial charge is 0.452 e. The van der Waals surface area contributed by atoms with Gasteiger partial charge in [-0.3, -0.25) is 0 Å². The monoisotopic (exact) mass is 627 g/mol. The van der Waals surface area contributed by atoms with E-state index in [1.54, 1.807) is 0 Å². The number of furan rings is 1. The Labute approximate surface area is 284 Å². The van der Waals surface area contributed by atoms with Crippen LogP contribution in [0.4, 0.5) is 0 Å². The van der Waals surface area contributed by atoms with Crippen LogP contribution in [0.25, 0.3) is 89.5 Å². The van der Waals surface area contributed by atoms with Gasteiger partial charge in [-0.1, -0.05) is 140 Å². The minimum Gasteiger partial charge on any atom is -0.452 e. The van der Waals surface area contributed by atoms with Gasteiger partial charge in [-0.25, -0.2) is 15.0 Å². The summed E-state index contributed by atoms with van der Waals surface area (Å²) in [5.41, 5.74) is 13.4. The lowest BCUT2D eigenvalue weighted by molar-refractivity contribution is 0.667. The average Bonchev–Trinajstić information content (AvgIpc) is 3.57. The van der Waals surface area contributed by atoms with E-state index in [4.69, 9.17) is 19.4 Å². The van der Waals surface area contributed by atoms with Gasteiger partial charge < -0.3 is 4.42 Å². The van der Waals surface area contributed by atoms with Crippen LogP contribution >= 0.6 is 0 Å². The molecule has 0 N–H and O–H groups in total. The summed E-state index contributed by atoms with van der Waals surface area (Å²) in [5, 5.41) is 0.974. The third kappa shape index (κ3) is 5.45. The molecule has 0 unspecified atom stereocenters. The molecular formula is C45H29N3O. The summed E-state index contributed by atoms with van der Waals surface area (Å²) in [6.45, 7) is 0. The normalized spacial score (nSPS) is 11.3. The Balaban J connectivity index is 1.15. The van der Waals surface area contributed by atoms with Crippen molar-refractivity contribution in [2.75, 3.05) is 0 Å². The Morgan fingerprint density at radius 3 is 1.59 bits per heavy atom. The topological polar surface area (TPSA) is 51.8 Å². The first-order chi connectivity index (χ1) is 24.3. The number of hydrogen-bond acceptors (Lipinski definition) is 4. The van der Waals surface area contributed by atoms with E-state index < -0.39 is 0 Å². The zero-order valence-corrected chi connectivity index (χ0v) is 26.5. The summed E-state index contributed by atoms with van der Waals surface area (Å²) >= 11 is 0. The highest BCUT2D eigenvalue weighted by Crippen LogP contribution is 2.37. The van der Waals surface area contributed by atoms with Crippen molar-refractivity contribution in [3.8, 4) is 67.4 Å². The van der Waals surface area contributed by atoms with Crippen molar-refractivity contribution in [1.82, 2.24) is 15.0 Å². The molecule has 9 rings (SSSR count). The molecule has 0 bridgehead atoms. The number of benzene rings is 6. The molecule has 4 nitrogen and oxygen atoms in total. The van der Waals surface area contributed by atoms with Crippen molar-refractivity contribution in [2.45, 2.75) is 0 Å². The zero-order valence-electron chi connectivity index (χ0n) is 26.5. The molecule has 0 fully saturated rings. The number of hydrogen-bond donors (Lipinski definition) is 0. The van der Waals surface area contributed by atoms with Crippen molar-refractivity contribution in [3.63, 3.8) is 0 Å². The van der Waals surface area contributed by atoms with Gasteiger partial charge in [0.25, 0.3) is 0 Å². The van der Waals surface area contributed by atoms with Crippen LogP contribution in [-0.2, 0) is 0 Å². The van der Waals surface area contributed by atoms with Crippen LogP contribution in [0.2, 0.25) is 0 Å². The molecule has 9 aromatic rings. The molecule has 3 aromatic heterocycles. The third-order valence-corrected chi connectivity index (χ3v) is 8.88. The Bertz CT molecular complexity index is 2540. The fraction of sp³-hybridized carbons (Fsp3) is 0. The SMILES string of the molecule is c1ccc(-c2cc(-c3ccccc3)nc(-c3cccc(-c4cccc(-c5nc(-c6ccccc6)c6oc7ccccc7c6n5)c4)c3)c2)cc1. The summed E-state index contributed by atoms with van der Waals surface area (Å²) < 4.78 is 6.32. The molecule has 3 heterocycles. The smallest absolute Gasteiger partial charge is 0.180 e. The predicted octanol–water partition coefficient (Wildman–Crippen LogP) is 11.8. The van der Waals surface area contributed by atoms with Gasteiger partial charge in [0, 0.05) is 27.6 Å².